The van der Waals surface area contributed by atoms with Crippen LogP contribution in [0.2, 0.25) is 0 Å². The smallest absolute Gasteiger partial charge is 0.226 e. The minimum Gasteiger partial charge on any atom is -0.444 e. The molecule has 0 spiro atoms. The van der Waals surface area contributed by atoms with Crippen molar-refractivity contribution >= 4 is 29.9 Å². The van der Waals surface area contributed by atoms with Crippen LogP contribution in [-0.4, -0.2) is 61.4 Å². The Labute approximate surface area is 201 Å². The summed E-state index contributed by atoms with van der Waals surface area (Å²) in [5.74, 6) is 1.54. The second-order valence-corrected chi connectivity index (χ2v) is 8.07. The van der Waals surface area contributed by atoms with E-state index in [0.29, 0.717) is 24.6 Å². The first-order valence-corrected chi connectivity index (χ1v) is 10.9. The highest BCUT2D eigenvalue weighted by molar-refractivity contribution is 14.0. The molecule has 8 heteroatoms. The van der Waals surface area contributed by atoms with Crippen LogP contribution in [0.5, 0.6) is 0 Å². The van der Waals surface area contributed by atoms with Crippen molar-refractivity contribution in [2.45, 2.75) is 51.4 Å². The molecule has 0 saturated carbocycles. The molecule has 1 N–H and O–H groups in total. The fourth-order valence-electron chi connectivity index (χ4n) is 3.97. The van der Waals surface area contributed by atoms with Gasteiger partial charge in [0.05, 0.1) is 31.1 Å². The molecule has 0 radical (unpaired) electrons. The van der Waals surface area contributed by atoms with Crippen LogP contribution in [0.1, 0.15) is 36.9 Å². The van der Waals surface area contributed by atoms with Crippen molar-refractivity contribution in [2.24, 2.45) is 4.99 Å². The minimum atomic E-state index is 0. The molecule has 31 heavy (non-hydrogen) atoms. The Morgan fingerprint density at radius 2 is 2.00 bits per heavy atom. The molecular weight excluding hydrogens is 507 g/mol. The Kier molecular flexibility index (Phi) is 9.15. The first-order valence-electron chi connectivity index (χ1n) is 10.9. The van der Waals surface area contributed by atoms with Gasteiger partial charge >= 0.3 is 0 Å². The number of benzene rings is 1. The van der Waals surface area contributed by atoms with Gasteiger partial charge in [-0.1, -0.05) is 17.7 Å². The van der Waals surface area contributed by atoms with Gasteiger partial charge < -0.3 is 24.1 Å². The summed E-state index contributed by atoms with van der Waals surface area (Å²) in [5.41, 5.74) is 3.07. The zero-order chi connectivity index (χ0) is 20.8. The third kappa shape index (κ3) is 6.66. The topological polar surface area (TPSA) is 72.1 Å². The van der Waals surface area contributed by atoms with Crippen LogP contribution in [0.3, 0.4) is 0 Å². The molecule has 4 rings (SSSR count). The SMILES string of the molecule is CN=C(NCc1coc(-c2ccc(C)cc2)n1)N1CCC(OCC2CCCO2)CC1.I. The molecule has 1 unspecified atom stereocenters. The van der Waals surface area contributed by atoms with E-state index in [2.05, 4.69) is 39.2 Å². The molecule has 2 aliphatic heterocycles. The summed E-state index contributed by atoms with van der Waals surface area (Å²) in [4.78, 5) is 11.3. The number of aliphatic imine (C=N–C) groups is 1. The van der Waals surface area contributed by atoms with Crippen LogP contribution in [0.25, 0.3) is 11.5 Å². The second kappa shape index (κ2) is 11.8. The maximum atomic E-state index is 6.08. The number of aryl methyl sites for hydroxylation is 1. The van der Waals surface area contributed by atoms with Gasteiger partial charge in [0.1, 0.15) is 6.26 Å². The van der Waals surface area contributed by atoms with E-state index in [0.717, 1.165) is 69.2 Å². The number of aromatic nitrogens is 1. The van der Waals surface area contributed by atoms with Gasteiger partial charge in [-0.05, 0) is 44.7 Å². The quantitative estimate of drug-likeness (QED) is 0.340. The van der Waals surface area contributed by atoms with Crippen LogP contribution >= 0.6 is 24.0 Å². The summed E-state index contributed by atoms with van der Waals surface area (Å²) in [6.45, 7) is 6.13. The predicted octanol–water partition coefficient (Wildman–Crippen LogP) is 4.00. The van der Waals surface area contributed by atoms with E-state index in [-0.39, 0.29) is 24.0 Å². The van der Waals surface area contributed by atoms with Gasteiger partial charge in [0.2, 0.25) is 5.89 Å². The number of nitrogens with zero attached hydrogens (tertiary/aromatic N) is 3. The number of oxazole rings is 1. The second-order valence-electron chi connectivity index (χ2n) is 8.07. The third-order valence-electron chi connectivity index (χ3n) is 5.77. The molecule has 0 aliphatic carbocycles. The van der Waals surface area contributed by atoms with Crippen molar-refractivity contribution in [3.8, 4) is 11.5 Å². The molecule has 2 fully saturated rings. The molecule has 1 aromatic carbocycles. The number of nitrogens with one attached hydrogen (secondary N) is 1. The fourth-order valence-corrected chi connectivity index (χ4v) is 3.97. The number of halogens is 1. The number of likely N-dealkylation sites (tertiary alicyclic amines) is 1. The maximum absolute atomic E-state index is 6.08. The van der Waals surface area contributed by atoms with E-state index in [9.17, 15) is 0 Å². The van der Waals surface area contributed by atoms with Crippen LogP contribution in [0.4, 0.5) is 0 Å². The van der Waals surface area contributed by atoms with Gasteiger partial charge in [0.25, 0.3) is 0 Å². The lowest BCUT2D eigenvalue weighted by molar-refractivity contribution is -0.0367. The van der Waals surface area contributed by atoms with E-state index in [1.807, 2.05) is 19.2 Å². The number of guanidine groups is 1. The van der Waals surface area contributed by atoms with Crippen molar-refractivity contribution < 1.29 is 13.9 Å². The van der Waals surface area contributed by atoms with E-state index in [4.69, 9.17) is 13.9 Å². The lowest BCUT2D eigenvalue weighted by Crippen LogP contribution is -2.47. The normalized spacial score (nSPS) is 20.0. The molecule has 170 valence electrons. The standard InChI is InChI=1S/C23H32N4O3.HI/c1-17-5-7-18(8-6-17)22-26-19(15-30-22)14-25-23(24-2)27-11-9-20(10-12-27)29-16-21-4-3-13-28-21;/h5-8,15,20-21H,3-4,9-14,16H2,1-2H3,(H,24,25);1H. The van der Waals surface area contributed by atoms with Crippen molar-refractivity contribution in [1.82, 2.24) is 15.2 Å². The highest BCUT2D eigenvalue weighted by atomic mass is 127. The maximum Gasteiger partial charge on any atom is 0.226 e. The summed E-state index contributed by atoms with van der Waals surface area (Å²) < 4.78 is 17.4. The average molecular weight is 540 g/mol. The summed E-state index contributed by atoms with van der Waals surface area (Å²) >= 11 is 0. The van der Waals surface area contributed by atoms with E-state index >= 15 is 0 Å². The summed E-state index contributed by atoms with van der Waals surface area (Å²) in [6.07, 6.45) is 6.63. The summed E-state index contributed by atoms with van der Waals surface area (Å²) in [6, 6.07) is 8.19. The summed E-state index contributed by atoms with van der Waals surface area (Å²) in [5, 5.41) is 3.41. The lowest BCUT2D eigenvalue weighted by Gasteiger charge is -2.34. The van der Waals surface area contributed by atoms with Crippen molar-refractivity contribution in [2.75, 3.05) is 33.4 Å². The largest absolute Gasteiger partial charge is 0.444 e. The van der Waals surface area contributed by atoms with Gasteiger partial charge in [-0.15, -0.1) is 24.0 Å². The Morgan fingerprint density at radius 1 is 1.23 bits per heavy atom. The Balaban J connectivity index is 0.00000272. The molecule has 3 heterocycles. The zero-order valence-corrected chi connectivity index (χ0v) is 20.7. The molecule has 0 amide bonds. The molecule has 2 aliphatic rings. The van der Waals surface area contributed by atoms with Gasteiger partial charge in [0, 0.05) is 32.3 Å². The highest BCUT2D eigenvalue weighted by Crippen LogP contribution is 2.20. The lowest BCUT2D eigenvalue weighted by atomic mass is 10.1. The number of ether oxygens (including phenoxy) is 2. The van der Waals surface area contributed by atoms with E-state index < -0.39 is 0 Å². The van der Waals surface area contributed by atoms with Gasteiger partial charge in [-0.25, -0.2) is 4.98 Å². The molecule has 1 aromatic heterocycles. The van der Waals surface area contributed by atoms with Crippen LogP contribution in [-0.2, 0) is 16.0 Å². The predicted molar refractivity (Wildman–Crippen MR) is 132 cm³/mol. The monoisotopic (exact) mass is 540 g/mol. The average Bonchev–Trinajstić information content (AvgIpc) is 3.46. The summed E-state index contributed by atoms with van der Waals surface area (Å²) in [7, 11) is 1.82. The van der Waals surface area contributed by atoms with Crippen molar-refractivity contribution in [3.63, 3.8) is 0 Å². The highest BCUT2D eigenvalue weighted by Gasteiger charge is 2.24. The van der Waals surface area contributed by atoms with Crippen LogP contribution in [0, 0.1) is 6.92 Å². The Hall–Kier alpha value is -1.65. The molecule has 1 atom stereocenters. The van der Waals surface area contributed by atoms with Crippen LogP contribution < -0.4 is 5.32 Å². The molecular formula is C23H33IN4O3. The Morgan fingerprint density at radius 3 is 2.68 bits per heavy atom. The van der Waals surface area contributed by atoms with E-state index in [1.165, 1.54) is 5.56 Å². The van der Waals surface area contributed by atoms with Crippen LogP contribution in [0.15, 0.2) is 39.9 Å². The molecule has 2 aromatic rings. The van der Waals surface area contributed by atoms with Crippen molar-refractivity contribution in [1.29, 1.82) is 0 Å². The zero-order valence-electron chi connectivity index (χ0n) is 18.4. The van der Waals surface area contributed by atoms with Gasteiger partial charge in [-0.2, -0.15) is 0 Å². The first-order chi connectivity index (χ1) is 14.7. The number of hydrogen-bond acceptors (Lipinski definition) is 5. The molecule has 7 nitrogen and oxygen atoms in total. The fraction of sp³-hybridized carbons (Fsp3) is 0.565. The number of rotatable bonds is 6. The number of piperidine rings is 1. The first kappa shape index (κ1) is 24.0. The van der Waals surface area contributed by atoms with Crippen molar-refractivity contribution in [3.05, 3.63) is 41.8 Å². The molecule has 2 saturated heterocycles. The third-order valence-corrected chi connectivity index (χ3v) is 5.77. The molecule has 0 bridgehead atoms. The number of hydrogen-bond donors (Lipinski definition) is 1. The van der Waals surface area contributed by atoms with Gasteiger partial charge in [-0.3, -0.25) is 4.99 Å². The Bertz CT molecular complexity index is 826. The van der Waals surface area contributed by atoms with Gasteiger partial charge in [0.15, 0.2) is 5.96 Å². The van der Waals surface area contributed by atoms with E-state index in [1.54, 1.807) is 6.26 Å². The minimum absolute atomic E-state index is 0.